The predicted molar refractivity (Wildman–Crippen MR) is 97.5 cm³/mol. The van der Waals surface area contributed by atoms with Crippen LogP contribution in [0.15, 0.2) is 53.4 Å². The molecule has 142 valence electrons. The molecule has 1 atom stereocenters. The molecule has 0 radical (unpaired) electrons. The Kier molecular flexibility index (Phi) is 5.18. The number of ether oxygens (including phenoxy) is 1. The molecule has 28 heavy (non-hydrogen) atoms. The number of nitrogens with zero attached hydrogens (tertiary/aromatic N) is 3. The lowest BCUT2D eigenvalue weighted by Gasteiger charge is -2.28. The maximum atomic E-state index is 14.5. The Bertz CT molecular complexity index is 1030. The number of allylic oxidation sites excluding steroid dienone is 1. The SMILES string of the molecule is C[C@@]1(c2cc(CC(=O)c3ccc(C#N)cn3)ccc2F)C=C(CF)OC(N)=N1. The van der Waals surface area contributed by atoms with Gasteiger partial charge in [-0.25, -0.2) is 13.8 Å². The number of ketones is 1. The first-order valence-electron chi connectivity index (χ1n) is 8.34. The molecule has 8 heteroatoms. The fourth-order valence-electron chi connectivity index (χ4n) is 2.94. The zero-order chi connectivity index (χ0) is 20.3. The number of amidine groups is 1. The zero-order valence-electron chi connectivity index (χ0n) is 14.9. The summed E-state index contributed by atoms with van der Waals surface area (Å²) in [5.74, 6) is -0.914. The second kappa shape index (κ2) is 7.56. The van der Waals surface area contributed by atoms with Crippen LogP contribution in [0.4, 0.5) is 8.78 Å². The first kappa shape index (κ1) is 19.2. The van der Waals surface area contributed by atoms with Crippen LogP contribution >= 0.6 is 0 Å². The van der Waals surface area contributed by atoms with Crippen molar-refractivity contribution < 1.29 is 18.3 Å². The summed E-state index contributed by atoms with van der Waals surface area (Å²) in [6.07, 6.45) is 2.64. The molecule has 0 bridgehead atoms. The van der Waals surface area contributed by atoms with Crippen LogP contribution in [0.5, 0.6) is 0 Å². The van der Waals surface area contributed by atoms with E-state index in [9.17, 15) is 13.6 Å². The van der Waals surface area contributed by atoms with Crippen molar-refractivity contribution in [3.63, 3.8) is 0 Å². The normalized spacial score (nSPS) is 18.5. The van der Waals surface area contributed by atoms with Gasteiger partial charge in [-0.15, -0.1) is 0 Å². The Hall–Kier alpha value is -3.60. The third kappa shape index (κ3) is 3.88. The van der Waals surface area contributed by atoms with Crippen LogP contribution < -0.4 is 5.73 Å². The molecule has 1 aliphatic heterocycles. The van der Waals surface area contributed by atoms with Gasteiger partial charge in [-0.05, 0) is 42.8 Å². The third-order valence-electron chi connectivity index (χ3n) is 4.27. The van der Waals surface area contributed by atoms with Crippen molar-refractivity contribution in [3.8, 4) is 6.07 Å². The topological polar surface area (TPSA) is 101 Å². The average molecular weight is 382 g/mol. The maximum absolute atomic E-state index is 14.5. The van der Waals surface area contributed by atoms with E-state index in [0.717, 1.165) is 0 Å². The Morgan fingerprint density at radius 3 is 2.79 bits per heavy atom. The molecule has 1 aliphatic rings. The molecular formula is C20H16F2N4O2. The number of aliphatic imine (C=N–C) groups is 1. The molecule has 0 aliphatic carbocycles. The molecule has 0 unspecified atom stereocenters. The Morgan fingerprint density at radius 2 is 2.14 bits per heavy atom. The van der Waals surface area contributed by atoms with Crippen LogP contribution in [-0.4, -0.2) is 23.5 Å². The van der Waals surface area contributed by atoms with Gasteiger partial charge in [-0.2, -0.15) is 5.26 Å². The van der Waals surface area contributed by atoms with E-state index in [2.05, 4.69) is 9.98 Å². The van der Waals surface area contributed by atoms with Gasteiger partial charge in [-0.3, -0.25) is 9.78 Å². The average Bonchev–Trinajstić information content (AvgIpc) is 2.68. The number of hydrogen-bond donors (Lipinski definition) is 1. The number of nitriles is 1. The van der Waals surface area contributed by atoms with E-state index in [-0.39, 0.29) is 35.2 Å². The van der Waals surface area contributed by atoms with E-state index in [1.807, 2.05) is 6.07 Å². The summed E-state index contributed by atoms with van der Waals surface area (Å²) in [4.78, 5) is 20.5. The van der Waals surface area contributed by atoms with Crippen molar-refractivity contribution in [3.05, 3.63) is 76.6 Å². The number of halogens is 2. The van der Waals surface area contributed by atoms with Crippen molar-refractivity contribution in [2.75, 3.05) is 6.67 Å². The number of carbonyl (C=O) groups excluding carboxylic acids is 1. The van der Waals surface area contributed by atoms with Gasteiger partial charge in [0.15, 0.2) is 5.78 Å². The zero-order valence-corrected chi connectivity index (χ0v) is 14.9. The van der Waals surface area contributed by atoms with Gasteiger partial charge < -0.3 is 10.5 Å². The molecule has 2 N–H and O–H groups in total. The first-order valence-corrected chi connectivity index (χ1v) is 8.34. The van der Waals surface area contributed by atoms with E-state index in [4.69, 9.17) is 15.7 Å². The number of benzene rings is 1. The van der Waals surface area contributed by atoms with Gasteiger partial charge in [0.05, 0.1) is 5.56 Å². The largest absolute Gasteiger partial charge is 0.428 e. The van der Waals surface area contributed by atoms with Gasteiger partial charge in [0.25, 0.3) is 6.02 Å². The Morgan fingerprint density at radius 1 is 1.36 bits per heavy atom. The monoisotopic (exact) mass is 382 g/mol. The van der Waals surface area contributed by atoms with Crippen molar-refractivity contribution in [2.24, 2.45) is 10.7 Å². The quantitative estimate of drug-likeness (QED) is 0.801. The molecule has 1 aromatic heterocycles. The van der Waals surface area contributed by atoms with Gasteiger partial charge in [0.1, 0.15) is 35.6 Å². The molecule has 3 rings (SSSR count). The molecular weight excluding hydrogens is 366 g/mol. The highest BCUT2D eigenvalue weighted by molar-refractivity contribution is 5.95. The van der Waals surface area contributed by atoms with Crippen LogP contribution in [0.25, 0.3) is 0 Å². The minimum atomic E-state index is -1.26. The van der Waals surface area contributed by atoms with Crippen LogP contribution in [-0.2, 0) is 16.7 Å². The van der Waals surface area contributed by atoms with Crippen LogP contribution in [0, 0.1) is 17.1 Å². The van der Waals surface area contributed by atoms with Gasteiger partial charge in [0.2, 0.25) is 0 Å². The summed E-state index contributed by atoms with van der Waals surface area (Å²) in [5.41, 5.74) is 5.55. The van der Waals surface area contributed by atoms with E-state index >= 15 is 0 Å². The number of Topliss-reactive ketones (excluding diaryl/α,β-unsaturated/α-hetero) is 1. The number of carbonyl (C=O) groups is 1. The van der Waals surface area contributed by atoms with Crippen molar-refractivity contribution in [2.45, 2.75) is 18.9 Å². The number of rotatable bonds is 5. The molecule has 0 spiro atoms. The highest BCUT2D eigenvalue weighted by Gasteiger charge is 2.32. The minimum Gasteiger partial charge on any atom is -0.428 e. The molecule has 2 aromatic rings. The standard InChI is InChI=1S/C20H16F2N4O2/c1-20(8-14(9-21)28-19(24)26-20)15-6-12(2-4-16(15)22)7-18(27)17-5-3-13(10-23)11-25-17/h2-6,8,11H,7,9H2,1H3,(H2,24,26)/t20-/m0/s1. The first-order chi connectivity index (χ1) is 13.3. The number of pyridine rings is 1. The van der Waals surface area contributed by atoms with E-state index in [0.29, 0.717) is 11.1 Å². The summed E-state index contributed by atoms with van der Waals surface area (Å²) < 4.78 is 32.5. The second-order valence-corrected chi connectivity index (χ2v) is 6.40. The summed E-state index contributed by atoms with van der Waals surface area (Å²) >= 11 is 0. The Balaban J connectivity index is 1.91. The fraction of sp³-hybridized carbons (Fsp3) is 0.200. The minimum absolute atomic E-state index is 0.0301. The van der Waals surface area contributed by atoms with Gasteiger partial charge in [-0.1, -0.05) is 6.07 Å². The van der Waals surface area contributed by atoms with Gasteiger partial charge in [0, 0.05) is 18.2 Å². The molecule has 6 nitrogen and oxygen atoms in total. The van der Waals surface area contributed by atoms with E-state index < -0.39 is 18.0 Å². The predicted octanol–water partition coefficient (Wildman–Crippen LogP) is 2.93. The summed E-state index contributed by atoms with van der Waals surface area (Å²) in [6, 6.07) is 8.82. The van der Waals surface area contributed by atoms with Crippen LogP contribution in [0.2, 0.25) is 0 Å². The summed E-state index contributed by atoms with van der Waals surface area (Å²) in [5, 5.41) is 8.80. The lowest BCUT2D eigenvalue weighted by molar-refractivity contribution is 0.0988. The maximum Gasteiger partial charge on any atom is 0.288 e. The number of hydrogen-bond acceptors (Lipinski definition) is 6. The van der Waals surface area contributed by atoms with Crippen molar-refractivity contribution >= 4 is 11.8 Å². The lowest BCUT2D eigenvalue weighted by Crippen LogP contribution is -2.31. The Labute approximate surface area is 160 Å². The third-order valence-corrected chi connectivity index (χ3v) is 4.27. The molecule has 0 saturated heterocycles. The van der Waals surface area contributed by atoms with Crippen LogP contribution in [0.1, 0.15) is 34.1 Å². The summed E-state index contributed by atoms with van der Waals surface area (Å²) in [7, 11) is 0. The summed E-state index contributed by atoms with van der Waals surface area (Å²) in [6.45, 7) is 0.667. The molecule has 0 fully saturated rings. The highest BCUT2D eigenvalue weighted by atomic mass is 19.1. The van der Waals surface area contributed by atoms with E-state index in [1.165, 1.54) is 42.6 Å². The van der Waals surface area contributed by atoms with Crippen molar-refractivity contribution in [1.82, 2.24) is 4.98 Å². The van der Waals surface area contributed by atoms with Gasteiger partial charge >= 0.3 is 0 Å². The molecule has 0 saturated carbocycles. The molecule has 0 amide bonds. The lowest BCUT2D eigenvalue weighted by atomic mass is 9.88. The molecule has 2 heterocycles. The highest BCUT2D eigenvalue weighted by Crippen LogP contribution is 2.34. The fourth-order valence-corrected chi connectivity index (χ4v) is 2.94. The smallest absolute Gasteiger partial charge is 0.288 e. The number of nitrogens with two attached hydrogens (primary N) is 1. The van der Waals surface area contributed by atoms with Crippen LogP contribution in [0.3, 0.4) is 0 Å². The van der Waals surface area contributed by atoms with E-state index in [1.54, 1.807) is 6.92 Å². The number of alkyl halides is 1. The molecule has 1 aromatic carbocycles. The number of aromatic nitrogens is 1. The van der Waals surface area contributed by atoms with Crippen molar-refractivity contribution in [1.29, 1.82) is 5.26 Å². The second-order valence-electron chi connectivity index (χ2n) is 6.40.